The number of hydrogen-bond acceptors (Lipinski definition) is 3. The number of benzene rings is 2. The van der Waals surface area contributed by atoms with Crippen molar-refractivity contribution in [2.24, 2.45) is 0 Å². The number of nitrogens with two attached hydrogens (primary N) is 1. The van der Waals surface area contributed by atoms with Crippen LogP contribution in [-0.2, 0) is 6.42 Å². The van der Waals surface area contributed by atoms with E-state index in [1.165, 1.54) is 5.56 Å². The van der Waals surface area contributed by atoms with Crippen molar-refractivity contribution in [1.82, 2.24) is 9.97 Å². The SMILES string of the molecule is CCc1ccc(-c2nc(N)c3ccccc3n2)cc1. The van der Waals surface area contributed by atoms with Gasteiger partial charge in [0.1, 0.15) is 5.82 Å². The summed E-state index contributed by atoms with van der Waals surface area (Å²) in [5.74, 6) is 1.21. The average molecular weight is 249 g/mol. The van der Waals surface area contributed by atoms with Gasteiger partial charge in [-0.15, -0.1) is 0 Å². The van der Waals surface area contributed by atoms with Crippen LogP contribution in [0.5, 0.6) is 0 Å². The molecule has 0 fully saturated rings. The quantitative estimate of drug-likeness (QED) is 0.757. The van der Waals surface area contributed by atoms with Crippen molar-refractivity contribution in [1.29, 1.82) is 0 Å². The van der Waals surface area contributed by atoms with Crippen LogP contribution in [-0.4, -0.2) is 9.97 Å². The van der Waals surface area contributed by atoms with E-state index in [9.17, 15) is 0 Å². The normalized spacial score (nSPS) is 10.8. The smallest absolute Gasteiger partial charge is 0.162 e. The van der Waals surface area contributed by atoms with Crippen molar-refractivity contribution in [3.63, 3.8) is 0 Å². The topological polar surface area (TPSA) is 51.8 Å². The molecular weight excluding hydrogens is 234 g/mol. The van der Waals surface area contributed by atoms with Crippen molar-refractivity contribution < 1.29 is 0 Å². The Morgan fingerprint density at radius 2 is 1.68 bits per heavy atom. The van der Waals surface area contributed by atoms with Crippen LogP contribution in [0, 0.1) is 0 Å². The van der Waals surface area contributed by atoms with Crippen LogP contribution in [0.4, 0.5) is 5.82 Å². The maximum absolute atomic E-state index is 6.00. The molecule has 0 aliphatic heterocycles. The Labute approximate surface area is 112 Å². The van der Waals surface area contributed by atoms with Crippen molar-refractivity contribution in [3.05, 3.63) is 54.1 Å². The maximum Gasteiger partial charge on any atom is 0.162 e. The minimum absolute atomic E-state index is 0.528. The van der Waals surface area contributed by atoms with E-state index in [-0.39, 0.29) is 0 Å². The molecular formula is C16H15N3. The Hall–Kier alpha value is -2.42. The lowest BCUT2D eigenvalue weighted by molar-refractivity contribution is 1.14. The Kier molecular flexibility index (Phi) is 2.88. The minimum Gasteiger partial charge on any atom is -0.383 e. The number of fused-ring (bicyclic) bond motifs is 1. The third-order valence-corrected chi connectivity index (χ3v) is 3.25. The van der Waals surface area contributed by atoms with Gasteiger partial charge in [0, 0.05) is 10.9 Å². The van der Waals surface area contributed by atoms with Gasteiger partial charge in [0.05, 0.1) is 5.52 Å². The second-order valence-electron chi connectivity index (χ2n) is 4.50. The molecule has 19 heavy (non-hydrogen) atoms. The van der Waals surface area contributed by atoms with Crippen LogP contribution in [0.2, 0.25) is 0 Å². The molecule has 94 valence electrons. The molecule has 1 aromatic heterocycles. The second-order valence-corrected chi connectivity index (χ2v) is 4.50. The molecule has 3 aromatic rings. The molecule has 0 saturated heterocycles. The summed E-state index contributed by atoms with van der Waals surface area (Å²) in [5, 5.41) is 0.899. The Balaban J connectivity index is 2.14. The highest BCUT2D eigenvalue weighted by Crippen LogP contribution is 2.23. The fourth-order valence-electron chi connectivity index (χ4n) is 2.12. The molecule has 0 bridgehead atoms. The number of nitrogens with zero attached hydrogens (tertiary/aromatic N) is 2. The second kappa shape index (κ2) is 4.69. The summed E-state index contributed by atoms with van der Waals surface area (Å²) in [4.78, 5) is 8.96. The van der Waals surface area contributed by atoms with Crippen LogP contribution in [0.3, 0.4) is 0 Å². The van der Waals surface area contributed by atoms with Crippen molar-refractivity contribution in [3.8, 4) is 11.4 Å². The highest BCUT2D eigenvalue weighted by Gasteiger charge is 2.06. The molecule has 0 radical (unpaired) electrons. The molecule has 2 N–H and O–H groups in total. The Morgan fingerprint density at radius 1 is 0.947 bits per heavy atom. The van der Waals surface area contributed by atoms with Gasteiger partial charge in [-0.1, -0.05) is 43.3 Å². The maximum atomic E-state index is 6.00. The lowest BCUT2D eigenvalue weighted by atomic mass is 10.1. The molecule has 0 aliphatic carbocycles. The van der Waals surface area contributed by atoms with Gasteiger partial charge in [-0.05, 0) is 24.1 Å². The number of anilines is 1. The highest BCUT2D eigenvalue weighted by atomic mass is 14.9. The number of rotatable bonds is 2. The van der Waals surface area contributed by atoms with Crippen LogP contribution in [0.15, 0.2) is 48.5 Å². The molecule has 0 atom stereocenters. The number of hydrogen-bond donors (Lipinski definition) is 1. The third kappa shape index (κ3) is 2.15. The molecule has 0 aliphatic rings. The van der Waals surface area contributed by atoms with E-state index >= 15 is 0 Å². The minimum atomic E-state index is 0.528. The largest absolute Gasteiger partial charge is 0.383 e. The zero-order valence-electron chi connectivity index (χ0n) is 10.8. The van der Waals surface area contributed by atoms with E-state index in [2.05, 4.69) is 29.0 Å². The molecule has 3 rings (SSSR count). The fraction of sp³-hybridized carbons (Fsp3) is 0.125. The van der Waals surface area contributed by atoms with Gasteiger partial charge in [-0.3, -0.25) is 0 Å². The van der Waals surface area contributed by atoms with Gasteiger partial charge >= 0.3 is 0 Å². The zero-order chi connectivity index (χ0) is 13.2. The number of aromatic nitrogens is 2. The first kappa shape index (κ1) is 11.7. The third-order valence-electron chi connectivity index (χ3n) is 3.25. The number of para-hydroxylation sites is 1. The summed E-state index contributed by atoms with van der Waals surface area (Å²) >= 11 is 0. The molecule has 3 nitrogen and oxygen atoms in total. The van der Waals surface area contributed by atoms with Gasteiger partial charge in [0.25, 0.3) is 0 Å². The van der Waals surface area contributed by atoms with Crippen molar-refractivity contribution in [2.75, 3.05) is 5.73 Å². The van der Waals surface area contributed by atoms with E-state index < -0.39 is 0 Å². The first-order valence-corrected chi connectivity index (χ1v) is 6.39. The first-order chi connectivity index (χ1) is 9.28. The lowest BCUT2D eigenvalue weighted by Crippen LogP contribution is -1.97. The molecule has 2 aromatic carbocycles. The summed E-state index contributed by atoms with van der Waals surface area (Å²) in [6, 6.07) is 16.1. The molecule has 0 saturated carbocycles. The summed E-state index contributed by atoms with van der Waals surface area (Å²) in [7, 11) is 0. The van der Waals surface area contributed by atoms with E-state index in [1.807, 2.05) is 36.4 Å². The van der Waals surface area contributed by atoms with E-state index in [0.717, 1.165) is 22.9 Å². The summed E-state index contributed by atoms with van der Waals surface area (Å²) in [6.07, 6.45) is 1.03. The van der Waals surface area contributed by atoms with Crippen LogP contribution in [0.25, 0.3) is 22.3 Å². The zero-order valence-corrected chi connectivity index (χ0v) is 10.8. The van der Waals surface area contributed by atoms with Crippen molar-refractivity contribution >= 4 is 16.7 Å². The fourth-order valence-corrected chi connectivity index (χ4v) is 2.12. The van der Waals surface area contributed by atoms with Gasteiger partial charge in [0.2, 0.25) is 0 Å². The average Bonchev–Trinajstić information content (AvgIpc) is 2.47. The summed E-state index contributed by atoms with van der Waals surface area (Å²) in [6.45, 7) is 2.14. The molecule has 1 heterocycles. The summed E-state index contributed by atoms with van der Waals surface area (Å²) < 4.78 is 0. The molecule has 3 heteroatoms. The predicted molar refractivity (Wildman–Crippen MR) is 78.8 cm³/mol. The van der Waals surface area contributed by atoms with Crippen molar-refractivity contribution in [2.45, 2.75) is 13.3 Å². The van der Waals surface area contributed by atoms with Crippen LogP contribution < -0.4 is 5.73 Å². The number of aryl methyl sites for hydroxylation is 1. The van der Waals surface area contributed by atoms with Gasteiger partial charge < -0.3 is 5.73 Å². The lowest BCUT2D eigenvalue weighted by Gasteiger charge is -2.06. The van der Waals surface area contributed by atoms with E-state index in [0.29, 0.717) is 11.6 Å². The predicted octanol–water partition coefficient (Wildman–Crippen LogP) is 3.44. The summed E-state index contributed by atoms with van der Waals surface area (Å²) in [5.41, 5.74) is 9.18. The van der Waals surface area contributed by atoms with Gasteiger partial charge in [-0.25, -0.2) is 9.97 Å². The van der Waals surface area contributed by atoms with Gasteiger partial charge in [0.15, 0.2) is 5.82 Å². The molecule has 0 unspecified atom stereocenters. The first-order valence-electron chi connectivity index (χ1n) is 6.39. The molecule has 0 amide bonds. The van der Waals surface area contributed by atoms with E-state index in [4.69, 9.17) is 5.73 Å². The molecule has 0 spiro atoms. The number of nitrogen functional groups attached to an aromatic ring is 1. The van der Waals surface area contributed by atoms with Crippen LogP contribution in [0.1, 0.15) is 12.5 Å². The monoisotopic (exact) mass is 249 g/mol. The Morgan fingerprint density at radius 3 is 2.42 bits per heavy atom. The Bertz CT molecular complexity index is 718. The highest BCUT2D eigenvalue weighted by molar-refractivity contribution is 5.89. The standard InChI is InChI=1S/C16H15N3/c1-2-11-7-9-12(10-8-11)16-18-14-6-4-3-5-13(14)15(17)19-16/h3-10H,2H2,1H3,(H2,17,18,19). The van der Waals surface area contributed by atoms with Crippen LogP contribution >= 0.6 is 0 Å². The van der Waals surface area contributed by atoms with E-state index in [1.54, 1.807) is 0 Å². The van der Waals surface area contributed by atoms with Gasteiger partial charge in [-0.2, -0.15) is 0 Å².